The highest BCUT2D eigenvalue weighted by atomic mass is 35.5. The van der Waals surface area contributed by atoms with E-state index >= 15 is 0 Å². The van der Waals surface area contributed by atoms with Crippen LogP contribution in [0.25, 0.3) is 0 Å². The number of hydrogen-bond acceptors (Lipinski definition) is 2. The van der Waals surface area contributed by atoms with Crippen molar-refractivity contribution >= 4 is 23.2 Å². The molecule has 1 N–H and O–H groups in total. The fraction of sp³-hybridized carbons (Fsp3) is 0.571. The smallest absolute Gasteiger partial charge is 0.121 e. The van der Waals surface area contributed by atoms with Crippen molar-refractivity contribution in [3.63, 3.8) is 0 Å². The summed E-state index contributed by atoms with van der Waals surface area (Å²) in [6.45, 7) is 2.18. The Hall–Kier alpha value is -0.440. The number of ether oxygens (including phenoxy) is 1. The lowest BCUT2D eigenvalue weighted by molar-refractivity contribution is 0.121. The van der Waals surface area contributed by atoms with Gasteiger partial charge >= 0.3 is 0 Å². The standard InChI is InChI=1S/C14H17Cl2NO/c15-12-4-3-11(7-13(12)16)18-14(9-1-2-9)10-5-6-17-8-10/h3-4,7,9-10,14,17H,1-2,5-6,8H2/t10-,14-/m0/s1. The number of benzene rings is 1. The summed E-state index contributed by atoms with van der Waals surface area (Å²) in [5.74, 6) is 2.20. The highest BCUT2D eigenvalue weighted by Gasteiger charge is 2.39. The average Bonchev–Trinajstić information content (AvgIpc) is 3.05. The molecule has 0 radical (unpaired) electrons. The average molecular weight is 286 g/mol. The van der Waals surface area contributed by atoms with Gasteiger partial charge in [0.2, 0.25) is 0 Å². The second-order valence-corrected chi connectivity index (χ2v) is 6.06. The predicted octanol–water partition coefficient (Wildman–Crippen LogP) is 3.76. The molecule has 1 saturated heterocycles. The molecule has 3 rings (SSSR count). The molecule has 2 atom stereocenters. The Labute approximate surface area is 118 Å². The van der Waals surface area contributed by atoms with E-state index in [9.17, 15) is 0 Å². The van der Waals surface area contributed by atoms with E-state index in [1.54, 1.807) is 6.07 Å². The van der Waals surface area contributed by atoms with Gasteiger partial charge in [-0.15, -0.1) is 0 Å². The predicted molar refractivity (Wildman–Crippen MR) is 74.6 cm³/mol. The molecule has 2 fully saturated rings. The van der Waals surface area contributed by atoms with E-state index in [1.165, 1.54) is 19.3 Å². The van der Waals surface area contributed by atoms with Gasteiger partial charge < -0.3 is 10.1 Å². The minimum atomic E-state index is 0.331. The number of hydrogen-bond donors (Lipinski definition) is 1. The first kappa shape index (κ1) is 12.6. The summed E-state index contributed by atoms with van der Waals surface area (Å²) in [5, 5.41) is 4.56. The molecule has 1 aliphatic carbocycles. The van der Waals surface area contributed by atoms with Crippen LogP contribution in [0, 0.1) is 11.8 Å². The minimum Gasteiger partial charge on any atom is -0.490 e. The molecule has 0 bridgehead atoms. The van der Waals surface area contributed by atoms with E-state index in [2.05, 4.69) is 5.32 Å². The molecular formula is C14H17Cl2NO. The van der Waals surface area contributed by atoms with Crippen molar-refractivity contribution in [3.05, 3.63) is 28.2 Å². The summed E-state index contributed by atoms with van der Waals surface area (Å²) < 4.78 is 6.18. The lowest BCUT2D eigenvalue weighted by Gasteiger charge is -2.24. The van der Waals surface area contributed by atoms with Crippen LogP contribution in [0.3, 0.4) is 0 Å². The molecule has 4 heteroatoms. The highest BCUT2D eigenvalue weighted by molar-refractivity contribution is 6.42. The van der Waals surface area contributed by atoms with Gasteiger partial charge in [0.05, 0.1) is 10.0 Å². The van der Waals surface area contributed by atoms with Crippen LogP contribution >= 0.6 is 23.2 Å². The SMILES string of the molecule is Clc1ccc(O[C@@H](C2CC2)[C@H]2CCNC2)cc1Cl. The van der Waals surface area contributed by atoms with E-state index in [0.29, 0.717) is 22.1 Å². The highest BCUT2D eigenvalue weighted by Crippen LogP contribution is 2.40. The topological polar surface area (TPSA) is 21.3 Å². The van der Waals surface area contributed by atoms with Crippen LogP contribution in [-0.2, 0) is 0 Å². The van der Waals surface area contributed by atoms with Gasteiger partial charge in [-0.05, 0) is 43.9 Å². The van der Waals surface area contributed by atoms with Crippen LogP contribution in [-0.4, -0.2) is 19.2 Å². The fourth-order valence-corrected chi connectivity index (χ4v) is 2.95. The molecule has 1 aliphatic heterocycles. The maximum atomic E-state index is 6.18. The van der Waals surface area contributed by atoms with Crippen molar-refractivity contribution in [1.29, 1.82) is 0 Å². The van der Waals surface area contributed by atoms with Crippen LogP contribution in [0.1, 0.15) is 19.3 Å². The van der Waals surface area contributed by atoms with Crippen molar-refractivity contribution in [2.45, 2.75) is 25.4 Å². The third kappa shape index (κ3) is 2.76. The molecule has 1 aromatic rings. The maximum absolute atomic E-state index is 6.18. The summed E-state index contributed by atoms with van der Waals surface area (Å²) in [4.78, 5) is 0. The maximum Gasteiger partial charge on any atom is 0.121 e. The molecule has 98 valence electrons. The van der Waals surface area contributed by atoms with E-state index in [1.807, 2.05) is 12.1 Å². The second-order valence-electron chi connectivity index (χ2n) is 5.25. The second kappa shape index (κ2) is 5.28. The Bertz CT molecular complexity index is 428. The zero-order valence-electron chi connectivity index (χ0n) is 10.2. The van der Waals surface area contributed by atoms with Gasteiger partial charge in [0, 0.05) is 18.5 Å². The van der Waals surface area contributed by atoms with Gasteiger partial charge in [0.15, 0.2) is 0 Å². The number of rotatable bonds is 4. The first-order valence-electron chi connectivity index (χ1n) is 6.56. The van der Waals surface area contributed by atoms with Crippen LogP contribution < -0.4 is 10.1 Å². The quantitative estimate of drug-likeness (QED) is 0.910. The van der Waals surface area contributed by atoms with E-state index in [-0.39, 0.29) is 0 Å². The van der Waals surface area contributed by atoms with Crippen LogP contribution in [0.5, 0.6) is 5.75 Å². The van der Waals surface area contributed by atoms with E-state index in [4.69, 9.17) is 27.9 Å². The van der Waals surface area contributed by atoms with Gasteiger partial charge in [-0.3, -0.25) is 0 Å². The first-order valence-corrected chi connectivity index (χ1v) is 7.32. The zero-order valence-corrected chi connectivity index (χ0v) is 11.7. The number of nitrogens with one attached hydrogen (secondary N) is 1. The zero-order chi connectivity index (χ0) is 12.5. The van der Waals surface area contributed by atoms with Crippen LogP contribution in [0.15, 0.2) is 18.2 Å². The molecule has 1 aromatic carbocycles. The molecule has 0 spiro atoms. The molecule has 2 nitrogen and oxygen atoms in total. The first-order chi connectivity index (χ1) is 8.74. The third-order valence-corrected chi connectivity index (χ3v) is 4.55. The molecule has 18 heavy (non-hydrogen) atoms. The van der Waals surface area contributed by atoms with Crippen molar-refractivity contribution in [2.24, 2.45) is 11.8 Å². The largest absolute Gasteiger partial charge is 0.490 e. The molecular weight excluding hydrogens is 269 g/mol. The Morgan fingerprint density at radius 1 is 1.11 bits per heavy atom. The third-order valence-electron chi connectivity index (χ3n) is 3.81. The molecule has 0 unspecified atom stereocenters. The van der Waals surface area contributed by atoms with Crippen LogP contribution in [0.4, 0.5) is 0 Å². The Morgan fingerprint density at radius 2 is 1.94 bits per heavy atom. The van der Waals surface area contributed by atoms with Crippen molar-refractivity contribution < 1.29 is 4.74 Å². The molecule has 0 amide bonds. The van der Waals surface area contributed by atoms with Crippen molar-refractivity contribution in [3.8, 4) is 5.75 Å². The monoisotopic (exact) mass is 285 g/mol. The van der Waals surface area contributed by atoms with Crippen molar-refractivity contribution in [1.82, 2.24) is 5.32 Å². The lowest BCUT2D eigenvalue weighted by atomic mass is 9.97. The summed E-state index contributed by atoms with van der Waals surface area (Å²) in [7, 11) is 0. The molecule has 1 heterocycles. The normalized spacial score (nSPS) is 25.1. The van der Waals surface area contributed by atoms with Gasteiger partial charge in [-0.2, -0.15) is 0 Å². The van der Waals surface area contributed by atoms with E-state index in [0.717, 1.165) is 24.8 Å². The summed E-state index contributed by atoms with van der Waals surface area (Å²) in [6.07, 6.45) is 4.13. The van der Waals surface area contributed by atoms with Gasteiger partial charge in [0.25, 0.3) is 0 Å². The van der Waals surface area contributed by atoms with Crippen LogP contribution in [0.2, 0.25) is 10.0 Å². The summed E-state index contributed by atoms with van der Waals surface area (Å²) >= 11 is 11.9. The Balaban J connectivity index is 1.73. The van der Waals surface area contributed by atoms with Gasteiger partial charge in [-0.25, -0.2) is 0 Å². The van der Waals surface area contributed by atoms with Crippen molar-refractivity contribution in [2.75, 3.05) is 13.1 Å². The Morgan fingerprint density at radius 3 is 2.56 bits per heavy atom. The lowest BCUT2D eigenvalue weighted by Crippen LogP contribution is -2.30. The molecule has 2 aliphatic rings. The fourth-order valence-electron chi connectivity index (χ4n) is 2.67. The Kier molecular flexibility index (Phi) is 3.69. The molecule has 0 aromatic heterocycles. The van der Waals surface area contributed by atoms with E-state index < -0.39 is 0 Å². The summed E-state index contributed by atoms with van der Waals surface area (Å²) in [6, 6.07) is 5.53. The summed E-state index contributed by atoms with van der Waals surface area (Å²) in [5.41, 5.74) is 0. The minimum absolute atomic E-state index is 0.331. The van der Waals surface area contributed by atoms with Gasteiger partial charge in [-0.1, -0.05) is 23.2 Å². The molecule has 1 saturated carbocycles. The van der Waals surface area contributed by atoms with Gasteiger partial charge in [0.1, 0.15) is 11.9 Å². The number of halogens is 2.